The lowest BCUT2D eigenvalue weighted by molar-refractivity contribution is 0.429. The van der Waals surface area contributed by atoms with Gasteiger partial charge in [-0.25, -0.2) is 18.2 Å². The number of rotatable bonds is 0. The molecular formula is C13H7F3N2O. The van der Waals surface area contributed by atoms with Gasteiger partial charge in [-0.3, -0.25) is 0 Å². The molecule has 2 aromatic carbocycles. The maximum absolute atomic E-state index is 13.9. The molecule has 0 aromatic heterocycles. The Morgan fingerprint density at radius 1 is 1.00 bits per heavy atom. The summed E-state index contributed by atoms with van der Waals surface area (Å²) in [5.41, 5.74) is 4.21. The molecule has 0 bridgehead atoms. The van der Waals surface area contributed by atoms with Crippen LogP contribution in [0.1, 0.15) is 5.56 Å². The first-order chi connectivity index (χ1) is 9.09. The van der Waals surface area contributed by atoms with Crippen molar-refractivity contribution in [3.63, 3.8) is 0 Å². The summed E-state index contributed by atoms with van der Waals surface area (Å²) in [5, 5.41) is 0. The van der Waals surface area contributed by atoms with E-state index in [1.165, 1.54) is 6.21 Å². The van der Waals surface area contributed by atoms with Crippen LogP contribution in [0.4, 0.5) is 24.5 Å². The zero-order valence-electron chi connectivity index (χ0n) is 9.45. The zero-order valence-corrected chi connectivity index (χ0v) is 9.45. The maximum atomic E-state index is 13.9. The molecule has 0 radical (unpaired) electrons. The van der Waals surface area contributed by atoms with Crippen molar-refractivity contribution in [3.8, 4) is 11.5 Å². The second kappa shape index (κ2) is 4.01. The highest BCUT2D eigenvalue weighted by atomic mass is 19.2. The Labute approximate surface area is 106 Å². The normalized spacial score (nSPS) is 12.4. The highest BCUT2D eigenvalue weighted by molar-refractivity contribution is 5.88. The molecule has 0 spiro atoms. The number of ether oxygens (including phenoxy) is 1. The quantitative estimate of drug-likeness (QED) is 0.498. The molecule has 0 unspecified atom stereocenters. The Hall–Kier alpha value is -2.50. The minimum absolute atomic E-state index is 0.286. The molecule has 2 aromatic rings. The van der Waals surface area contributed by atoms with E-state index >= 15 is 0 Å². The van der Waals surface area contributed by atoms with Gasteiger partial charge in [-0.15, -0.1) is 0 Å². The van der Waals surface area contributed by atoms with Crippen molar-refractivity contribution in [2.45, 2.75) is 0 Å². The third kappa shape index (κ3) is 1.64. The summed E-state index contributed by atoms with van der Waals surface area (Å²) in [7, 11) is 0. The fourth-order valence-corrected chi connectivity index (χ4v) is 1.78. The van der Waals surface area contributed by atoms with Gasteiger partial charge in [0.25, 0.3) is 0 Å². The van der Waals surface area contributed by atoms with E-state index in [2.05, 4.69) is 4.99 Å². The van der Waals surface area contributed by atoms with Crippen molar-refractivity contribution in [1.82, 2.24) is 0 Å². The van der Waals surface area contributed by atoms with Crippen molar-refractivity contribution in [3.05, 3.63) is 47.3 Å². The minimum Gasteiger partial charge on any atom is -0.451 e. The van der Waals surface area contributed by atoms with Gasteiger partial charge in [0.1, 0.15) is 17.1 Å². The standard InChI is InChI=1S/C13H7F3N2O/c14-8-9(15)12-13(10(16)11(8)17)19-7-4-2-1-3-6(7)5-18-12/h1-5H,17H2. The number of para-hydroxylation sites is 1. The largest absolute Gasteiger partial charge is 0.451 e. The van der Waals surface area contributed by atoms with Crippen LogP contribution >= 0.6 is 0 Å². The molecule has 0 aliphatic carbocycles. The molecule has 0 amide bonds. The predicted octanol–water partition coefficient (Wildman–Crippen LogP) is 3.54. The fourth-order valence-electron chi connectivity index (χ4n) is 1.78. The fraction of sp³-hybridized carbons (Fsp3) is 0. The van der Waals surface area contributed by atoms with Gasteiger partial charge in [0.2, 0.25) is 0 Å². The van der Waals surface area contributed by atoms with E-state index in [0.29, 0.717) is 5.56 Å². The average molecular weight is 264 g/mol. The van der Waals surface area contributed by atoms with Crippen LogP contribution in [-0.2, 0) is 0 Å². The molecular weight excluding hydrogens is 257 g/mol. The van der Waals surface area contributed by atoms with Gasteiger partial charge in [-0.1, -0.05) is 12.1 Å². The molecule has 1 heterocycles. The zero-order chi connectivity index (χ0) is 13.6. The average Bonchev–Trinajstić information content (AvgIpc) is 2.62. The van der Waals surface area contributed by atoms with E-state index in [1.54, 1.807) is 24.3 Å². The number of nitrogens with two attached hydrogens (primary N) is 1. The number of nitrogen functional groups attached to an aromatic ring is 1. The number of aliphatic imine (C=N–C) groups is 1. The van der Waals surface area contributed by atoms with E-state index in [9.17, 15) is 13.2 Å². The second-order valence-electron chi connectivity index (χ2n) is 3.93. The topological polar surface area (TPSA) is 47.6 Å². The number of hydrogen-bond donors (Lipinski definition) is 1. The van der Waals surface area contributed by atoms with E-state index in [-0.39, 0.29) is 5.75 Å². The van der Waals surface area contributed by atoms with Gasteiger partial charge in [0.05, 0.1) is 0 Å². The first-order valence-corrected chi connectivity index (χ1v) is 5.36. The van der Waals surface area contributed by atoms with Crippen LogP contribution in [0.25, 0.3) is 0 Å². The molecule has 2 N–H and O–H groups in total. The molecule has 3 rings (SSSR count). The Morgan fingerprint density at radius 3 is 2.53 bits per heavy atom. The van der Waals surface area contributed by atoms with Gasteiger partial charge in [0, 0.05) is 11.8 Å². The van der Waals surface area contributed by atoms with E-state index < -0.39 is 34.6 Å². The number of nitrogens with zero attached hydrogens (tertiary/aromatic N) is 1. The van der Waals surface area contributed by atoms with Crippen LogP contribution in [0.2, 0.25) is 0 Å². The smallest absolute Gasteiger partial charge is 0.194 e. The van der Waals surface area contributed by atoms with Crippen molar-refractivity contribution >= 4 is 17.6 Å². The van der Waals surface area contributed by atoms with E-state index in [1.807, 2.05) is 0 Å². The summed E-state index contributed by atoms with van der Waals surface area (Å²) in [6.07, 6.45) is 1.28. The number of hydrogen-bond acceptors (Lipinski definition) is 3. The van der Waals surface area contributed by atoms with Crippen molar-refractivity contribution in [2.24, 2.45) is 4.99 Å². The van der Waals surface area contributed by atoms with Gasteiger partial charge < -0.3 is 10.5 Å². The lowest BCUT2D eigenvalue weighted by Crippen LogP contribution is -2.02. The Balaban J connectivity index is 2.31. The predicted molar refractivity (Wildman–Crippen MR) is 64.5 cm³/mol. The molecule has 6 heteroatoms. The van der Waals surface area contributed by atoms with Crippen molar-refractivity contribution < 1.29 is 17.9 Å². The lowest BCUT2D eigenvalue weighted by atomic mass is 10.2. The molecule has 0 atom stereocenters. The van der Waals surface area contributed by atoms with Crippen LogP contribution in [0.15, 0.2) is 29.3 Å². The number of fused-ring (bicyclic) bond motifs is 2. The molecule has 96 valence electrons. The number of benzene rings is 2. The van der Waals surface area contributed by atoms with Gasteiger partial charge in [-0.05, 0) is 12.1 Å². The second-order valence-corrected chi connectivity index (χ2v) is 3.93. The van der Waals surface area contributed by atoms with E-state index in [0.717, 1.165) is 0 Å². The summed E-state index contributed by atoms with van der Waals surface area (Å²) in [6, 6.07) is 6.60. The SMILES string of the molecule is Nc1c(F)c(F)c2c(c1F)Oc1ccccc1C=N2. The molecule has 1 aliphatic rings. The van der Waals surface area contributed by atoms with Crippen LogP contribution in [0.3, 0.4) is 0 Å². The first-order valence-electron chi connectivity index (χ1n) is 5.36. The first kappa shape index (κ1) is 11.6. The van der Waals surface area contributed by atoms with Gasteiger partial charge in [0.15, 0.2) is 23.2 Å². The van der Waals surface area contributed by atoms with Crippen molar-refractivity contribution in [1.29, 1.82) is 0 Å². The summed E-state index contributed by atoms with van der Waals surface area (Å²) >= 11 is 0. The van der Waals surface area contributed by atoms with E-state index in [4.69, 9.17) is 10.5 Å². The van der Waals surface area contributed by atoms with Crippen LogP contribution in [-0.4, -0.2) is 6.21 Å². The molecule has 1 aliphatic heterocycles. The Bertz CT molecular complexity index is 714. The summed E-state index contributed by atoms with van der Waals surface area (Å²) in [4.78, 5) is 3.73. The molecule has 0 saturated carbocycles. The van der Waals surface area contributed by atoms with Crippen molar-refractivity contribution in [2.75, 3.05) is 5.73 Å². The third-order valence-electron chi connectivity index (χ3n) is 2.75. The summed E-state index contributed by atoms with van der Waals surface area (Å²) < 4.78 is 46.2. The molecule has 3 nitrogen and oxygen atoms in total. The minimum atomic E-state index is -1.47. The van der Waals surface area contributed by atoms with Gasteiger partial charge in [-0.2, -0.15) is 0 Å². The van der Waals surface area contributed by atoms with Crippen LogP contribution < -0.4 is 10.5 Å². The number of halogens is 3. The maximum Gasteiger partial charge on any atom is 0.194 e. The summed E-state index contributed by atoms with van der Waals surface area (Å²) in [6.45, 7) is 0. The van der Waals surface area contributed by atoms with Crippen LogP contribution in [0.5, 0.6) is 11.5 Å². The highest BCUT2D eigenvalue weighted by Gasteiger charge is 2.26. The Morgan fingerprint density at radius 2 is 1.74 bits per heavy atom. The highest BCUT2D eigenvalue weighted by Crippen LogP contribution is 2.43. The van der Waals surface area contributed by atoms with Gasteiger partial charge >= 0.3 is 0 Å². The monoisotopic (exact) mass is 264 g/mol. The molecule has 19 heavy (non-hydrogen) atoms. The summed E-state index contributed by atoms with van der Waals surface area (Å²) in [5.74, 6) is -4.20. The third-order valence-corrected chi connectivity index (χ3v) is 2.75. The molecule has 0 fully saturated rings. The number of anilines is 1. The Kier molecular flexibility index (Phi) is 2.45. The van der Waals surface area contributed by atoms with Crippen LogP contribution in [0, 0.1) is 17.5 Å². The molecule has 0 saturated heterocycles. The lowest BCUT2D eigenvalue weighted by Gasteiger charge is -2.11.